The number of rotatable bonds is 9. The van der Waals surface area contributed by atoms with E-state index in [0.717, 1.165) is 48.3 Å². The quantitative estimate of drug-likeness (QED) is 0.247. The van der Waals surface area contributed by atoms with Crippen molar-refractivity contribution in [2.45, 2.75) is 64.2 Å². The molecule has 0 aliphatic carbocycles. The maximum absolute atomic E-state index is 9.84. The van der Waals surface area contributed by atoms with Gasteiger partial charge in [-0.15, -0.1) is 5.53 Å². The smallest absolute Gasteiger partial charge is 0.103 e. The number of ether oxygens (including phenoxy) is 1. The van der Waals surface area contributed by atoms with E-state index in [2.05, 4.69) is 81.7 Å². The molecule has 5 rings (SSSR count). The summed E-state index contributed by atoms with van der Waals surface area (Å²) >= 11 is 6.79. The van der Waals surface area contributed by atoms with Crippen molar-refractivity contribution in [1.29, 1.82) is 5.26 Å². The molecule has 2 aliphatic rings. The van der Waals surface area contributed by atoms with E-state index in [0.29, 0.717) is 34.4 Å². The van der Waals surface area contributed by atoms with Crippen molar-refractivity contribution in [1.82, 2.24) is 25.9 Å². The molecule has 42 heavy (non-hydrogen) atoms. The van der Waals surface area contributed by atoms with Crippen LogP contribution in [0.4, 0.5) is 11.4 Å². The second kappa shape index (κ2) is 12.8. The summed E-state index contributed by atoms with van der Waals surface area (Å²) in [6, 6.07) is 16.7. The fourth-order valence-corrected chi connectivity index (χ4v) is 6.04. The topological polar surface area (TPSA) is 101 Å². The van der Waals surface area contributed by atoms with E-state index < -0.39 is 0 Å². The van der Waals surface area contributed by atoms with Gasteiger partial charge >= 0.3 is 0 Å². The van der Waals surface area contributed by atoms with E-state index in [1.54, 1.807) is 13.3 Å². The molecule has 2 aliphatic heterocycles. The zero-order valence-corrected chi connectivity index (χ0v) is 25.8. The van der Waals surface area contributed by atoms with Gasteiger partial charge in [-0.3, -0.25) is 14.9 Å². The Hall–Kier alpha value is -3.55. The summed E-state index contributed by atoms with van der Waals surface area (Å²) in [5, 5.41) is 20.5. The Bertz CT molecular complexity index is 1460. The highest BCUT2D eigenvalue weighted by Crippen LogP contribution is 2.36. The van der Waals surface area contributed by atoms with Crippen molar-refractivity contribution in [3.05, 3.63) is 76.7 Å². The molecule has 1 saturated heterocycles. The van der Waals surface area contributed by atoms with Gasteiger partial charge < -0.3 is 20.8 Å². The third-order valence-corrected chi connectivity index (χ3v) is 8.31. The van der Waals surface area contributed by atoms with E-state index in [4.69, 9.17) is 16.3 Å². The molecule has 0 bridgehead atoms. The molecular formula is C32H41ClN8O. The van der Waals surface area contributed by atoms with E-state index in [-0.39, 0.29) is 17.6 Å². The van der Waals surface area contributed by atoms with Crippen molar-refractivity contribution < 1.29 is 4.74 Å². The Kier molecular flexibility index (Phi) is 9.09. The van der Waals surface area contributed by atoms with Crippen LogP contribution in [0.15, 0.2) is 60.6 Å². The minimum Gasteiger partial charge on any atom is -0.383 e. The van der Waals surface area contributed by atoms with Crippen LogP contribution in [0.2, 0.25) is 5.02 Å². The maximum Gasteiger partial charge on any atom is 0.103 e. The fraction of sp³-hybridized carbons (Fsp3) is 0.438. The maximum atomic E-state index is 9.84. The van der Waals surface area contributed by atoms with Gasteiger partial charge in [-0.25, -0.2) is 0 Å². The van der Waals surface area contributed by atoms with Crippen LogP contribution in [-0.4, -0.2) is 59.3 Å². The van der Waals surface area contributed by atoms with E-state index in [9.17, 15) is 5.26 Å². The number of likely N-dealkylation sites (tertiary alicyclic amines) is 1. The number of fused-ring (bicyclic) bond motifs is 1. The summed E-state index contributed by atoms with van der Waals surface area (Å²) in [6.07, 6.45) is 5.92. The van der Waals surface area contributed by atoms with Crippen LogP contribution >= 0.6 is 11.6 Å². The number of piperidine rings is 1. The molecule has 2 aromatic carbocycles. The highest BCUT2D eigenvalue weighted by molar-refractivity contribution is 6.35. The number of nitrogens with one attached hydrogen (secondary N) is 4. The third-order valence-electron chi connectivity index (χ3n) is 8.02. The number of benzene rings is 2. The molecule has 0 saturated carbocycles. The molecule has 3 heterocycles. The molecule has 0 unspecified atom stereocenters. The number of halogens is 1. The summed E-state index contributed by atoms with van der Waals surface area (Å²) in [4.78, 5) is 7.06. The van der Waals surface area contributed by atoms with Gasteiger partial charge in [0.05, 0.1) is 40.1 Å². The molecule has 9 nitrogen and oxygen atoms in total. The van der Waals surface area contributed by atoms with E-state index in [1.165, 1.54) is 0 Å². The first-order chi connectivity index (χ1) is 20.2. The normalized spacial score (nSPS) is 17.8. The predicted molar refractivity (Wildman–Crippen MR) is 170 cm³/mol. The van der Waals surface area contributed by atoms with Crippen LogP contribution in [0.5, 0.6) is 0 Å². The first-order valence-electron chi connectivity index (χ1n) is 14.5. The average molecular weight is 589 g/mol. The van der Waals surface area contributed by atoms with Gasteiger partial charge in [-0.2, -0.15) is 5.26 Å². The van der Waals surface area contributed by atoms with Gasteiger partial charge in [0.2, 0.25) is 0 Å². The minimum absolute atomic E-state index is 0.0136. The first-order valence-corrected chi connectivity index (χ1v) is 14.9. The lowest BCUT2D eigenvalue weighted by Crippen LogP contribution is -2.52. The number of anilines is 2. The van der Waals surface area contributed by atoms with E-state index in [1.807, 2.05) is 37.3 Å². The van der Waals surface area contributed by atoms with Crippen molar-refractivity contribution >= 4 is 33.9 Å². The van der Waals surface area contributed by atoms with Crippen molar-refractivity contribution in [3.63, 3.8) is 0 Å². The van der Waals surface area contributed by atoms with Crippen LogP contribution in [0.1, 0.15) is 57.7 Å². The Labute approximate surface area is 253 Å². The number of hydrogen-bond acceptors (Lipinski definition) is 9. The summed E-state index contributed by atoms with van der Waals surface area (Å²) < 4.78 is 5.32. The van der Waals surface area contributed by atoms with Crippen LogP contribution in [0.25, 0.3) is 10.9 Å². The molecule has 3 aromatic rings. The second-order valence-corrected chi connectivity index (χ2v) is 12.5. The standard InChI is InChI=1S/C32H41ClN8O/c1-21(20-42-5)36-29-23(17-34)18-35-31-26(29)15-24(16-27(31)33)37-30(22-9-7-6-8-10-22)28-19-41(39-38-28)25-11-13-40(14-12-25)32(2,3)4/h6-10,15-16,18-19,21,25,30,37-39H,11-14,20H2,1-5H3,(H,35,36)/t21-,30+/m1/s1. The summed E-state index contributed by atoms with van der Waals surface area (Å²) in [7, 11) is 1.66. The summed E-state index contributed by atoms with van der Waals surface area (Å²) in [6.45, 7) is 11.5. The summed E-state index contributed by atoms with van der Waals surface area (Å²) in [5.41, 5.74) is 11.7. The Morgan fingerprint density at radius 1 is 1.17 bits per heavy atom. The van der Waals surface area contributed by atoms with Crippen molar-refractivity contribution in [3.8, 4) is 6.07 Å². The highest BCUT2D eigenvalue weighted by Gasteiger charge is 2.32. The van der Waals surface area contributed by atoms with Crippen LogP contribution < -0.4 is 21.6 Å². The Balaban J connectivity index is 1.45. The highest BCUT2D eigenvalue weighted by atomic mass is 35.5. The number of hydrazine groups is 2. The molecule has 4 N–H and O–H groups in total. The van der Waals surface area contributed by atoms with Gasteiger partial charge in [-0.05, 0) is 58.2 Å². The number of hydrogen-bond donors (Lipinski definition) is 4. The zero-order valence-electron chi connectivity index (χ0n) is 25.0. The largest absolute Gasteiger partial charge is 0.383 e. The average Bonchev–Trinajstić information content (AvgIpc) is 3.46. The number of nitriles is 1. The first kappa shape index (κ1) is 29.9. The molecular weight excluding hydrogens is 548 g/mol. The van der Waals surface area contributed by atoms with Gasteiger partial charge in [0.15, 0.2) is 0 Å². The van der Waals surface area contributed by atoms with Gasteiger partial charge in [0, 0.05) is 61.3 Å². The monoisotopic (exact) mass is 588 g/mol. The number of nitrogens with zero attached hydrogens (tertiary/aromatic N) is 4. The van der Waals surface area contributed by atoms with Gasteiger partial charge in [-0.1, -0.05) is 41.9 Å². The second-order valence-electron chi connectivity index (χ2n) is 12.1. The van der Waals surface area contributed by atoms with Gasteiger partial charge in [0.25, 0.3) is 0 Å². The molecule has 10 heteroatoms. The van der Waals surface area contributed by atoms with Crippen LogP contribution in [0, 0.1) is 11.3 Å². The van der Waals surface area contributed by atoms with E-state index >= 15 is 0 Å². The molecule has 0 amide bonds. The molecule has 0 spiro atoms. The Morgan fingerprint density at radius 2 is 1.90 bits per heavy atom. The van der Waals surface area contributed by atoms with Crippen molar-refractivity contribution in [2.75, 3.05) is 37.4 Å². The lowest BCUT2D eigenvalue weighted by Gasteiger charge is -2.42. The minimum atomic E-state index is -0.178. The molecule has 2 atom stereocenters. The molecule has 222 valence electrons. The third kappa shape index (κ3) is 6.58. The van der Waals surface area contributed by atoms with Crippen LogP contribution in [-0.2, 0) is 4.74 Å². The Morgan fingerprint density at radius 3 is 2.57 bits per heavy atom. The predicted octanol–water partition coefficient (Wildman–Crippen LogP) is 5.79. The number of aromatic nitrogens is 1. The zero-order chi connectivity index (χ0) is 29.9. The lowest BCUT2D eigenvalue weighted by molar-refractivity contribution is 0.0570. The fourth-order valence-electron chi connectivity index (χ4n) is 5.78. The number of pyridine rings is 1. The van der Waals surface area contributed by atoms with Gasteiger partial charge in [0.1, 0.15) is 6.07 Å². The molecule has 1 fully saturated rings. The SMILES string of the molecule is COC[C@@H](C)Nc1c(C#N)cnc2c(Cl)cc(N[C@H](C3=CN(C4CCN(C(C)(C)C)CC4)NN3)c3ccccc3)cc12. The lowest BCUT2D eigenvalue weighted by atomic mass is 9.98. The van der Waals surface area contributed by atoms with Crippen LogP contribution in [0.3, 0.4) is 0 Å². The van der Waals surface area contributed by atoms with Crippen molar-refractivity contribution in [2.24, 2.45) is 0 Å². The number of methoxy groups -OCH3 is 1. The molecule has 1 aromatic heterocycles. The molecule has 0 radical (unpaired) electrons. The summed E-state index contributed by atoms with van der Waals surface area (Å²) in [5.74, 6) is 0.